The molecule has 4 aromatic heterocycles. The Bertz CT molecular complexity index is 2450. The fraction of sp³-hybridized carbons (Fsp3) is 0.268. The molecular formula is C41H38N2OS+2. The molecule has 0 N–H and O–H groups in total. The molecule has 3 aromatic carbocycles. The van der Waals surface area contributed by atoms with Gasteiger partial charge in [-0.05, 0) is 98.9 Å². The van der Waals surface area contributed by atoms with Crippen LogP contribution in [0.1, 0.15) is 64.6 Å². The molecule has 7 aromatic rings. The third kappa shape index (κ3) is 3.41. The molecule has 2 aliphatic heterocycles. The smallest absolute Gasteiger partial charge is 0.417 e. The predicted octanol–water partition coefficient (Wildman–Crippen LogP) is 9.76. The number of furan rings is 1. The lowest BCUT2D eigenvalue weighted by Crippen LogP contribution is -2.71. The molecule has 0 radical (unpaired) electrons. The largest absolute Gasteiger partial charge is 0.454 e. The highest BCUT2D eigenvalue weighted by atomic mass is 32.1. The van der Waals surface area contributed by atoms with E-state index in [0.29, 0.717) is 0 Å². The first-order valence-electron chi connectivity index (χ1n) is 16.1. The monoisotopic (exact) mass is 606 g/mol. The van der Waals surface area contributed by atoms with Crippen molar-refractivity contribution in [2.45, 2.75) is 67.5 Å². The van der Waals surface area contributed by atoms with Gasteiger partial charge in [-0.25, -0.2) is 0 Å². The molecule has 2 aliphatic rings. The van der Waals surface area contributed by atoms with E-state index in [4.69, 9.17) is 4.42 Å². The van der Waals surface area contributed by atoms with Gasteiger partial charge >= 0.3 is 5.66 Å². The van der Waals surface area contributed by atoms with E-state index in [1.165, 1.54) is 87.2 Å². The molecule has 0 saturated heterocycles. The summed E-state index contributed by atoms with van der Waals surface area (Å²) >= 11 is 1.85. The molecule has 222 valence electrons. The summed E-state index contributed by atoms with van der Waals surface area (Å²) in [5.74, 6) is 0. The number of thiophene rings is 1. The van der Waals surface area contributed by atoms with E-state index in [2.05, 4.69) is 138 Å². The second-order valence-corrected chi connectivity index (χ2v) is 15.9. The van der Waals surface area contributed by atoms with Crippen molar-refractivity contribution >= 4 is 43.4 Å². The lowest BCUT2D eigenvalue weighted by atomic mass is 9.87. The Kier molecular flexibility index (Phi) is 5.23. The minimum Gasteiger partial charge on any atom is -0.454 e. The fourth-order valence-electron chi connectivity index (χ4n) is 8.16. The predicted molar refractivity (Wildman–Crippen MR) is 185 cm³/mol. The van der Waals surface area contributed by atoms with Gasteiger partial charge in [-0.2, -0.15) is 0 Å². The molecule has 9 rings (SSSR count). The molecule has 1 unspecified atom stereocenters. The average Bonchev–Trinajstić information content (AvgIpc) is 3.67. The SMILES string of the molecule is Cc1ccc2c(c1)C1(c3ccc4c(oc5c4ccc4c(C)c(C)sc45)c3-c3cc(CC(C)(C)C)cc[n+]31)[n+]1cc(C)c(C)cc1-2. The van der Waals surface area contributed by atoms with Crippen LogP contribution in [0.2, 0.25) is 0 Å². The van der Waals surface area contributed by atoms with Crippen LogP contribution in [-0.2, 0) is 12.1 Å². The third-order valence-corrected chi connectivity index (χ3v) is 11.6. The Balaban J connectivity index is 1.47. The maximum atomic E-state index is 7.11. The maximum absolute atomic E-state index is 7.11. The maximum Gasteiger partial charge on any atom is 0.417 e. The average molecular weight is 607 g/mol. The summed E-state index contributed by atoms with van der Waals surface area (Å²) in [6.45, 7) is 18.1. The number of nitrogens with zero attached hydrogens (tertiary/aromatic N) is 2. The Labute approximate surface area is 268 Å². The lowest BCUT2D eigenvalue weighted by Gasteiger charge is -2.19. The summed E-state index contributed by atoms with van der Waals surface area (Å²) in [5, 5.41) is 3.68. The first kappa shape index (κ1) is 27.1. The number of aromatic nitrogens is 2. The minimum absolute atomic E-state index is 0.178. The van der Waals surface area contributed by atoms with Gasteiger partial charge in [0.1, 0.15) is 22.3 Å². The van der Waals surface area contributed by atoms with Gasteiger partial charge in [0, 0.05) is 39.4 Å². The Morgan fingerprint density at radius 2 is 1.49 bits per heavy atom. The number of benzene rings is 3. The molecule has 0 saturated carbocycles. The van der Waals surface area contributed by atoms with Crippen molar-refractivity contribution < 1.29 is 13.6 Å². The Morgan fingerprint density at radius 3 is 2.29 bits per heavy atom. The van der Waals surface area contributed by atoms with Gasteiger partial charge < -0.3 is 4.42 Å². The normalized spacial score (nSPS) is 16.6. The van der Waals surface area contributed by atoms with Crippen molar-refractivity contribution in [3.8, 4) is 22.5 Å². The molecule has 3 nitrogen and oxygen atoms in total. The summed E-state index contributed by atoms with van der Waals surface area (Å²) in [6.07, 6.45) is 5.72. The fourth-order valence-corrected chi connectivity index (χ4v) is 9.30. The molecule has 1 spiro atoms. The quantitative estimate of drug-likeness (QED) is 0.170. The van der Waals surface area contributed by atoms with Crippen LogP contribution in [0.4, 0.5) is 0 Å². The zero-order valence-electron chi connectivity index (χ0n) is 27.3. The summed E-state index contributed by atoms with van der Waals surface area (Å²) in [6, 6.07) is 23.4. The minimum atomic E-state index is -0.557. The van der Waals surface area contributed by atoms with Gasteiger partial charge in [-0.3, -0.25) is 0 Å². The van der Waals surface area contributed by atoms with Crippen LogP contribution in [0, 0.1) is 40.0 Å². The highest BCUT2D eigenvalue weighted by Crippen LogP contribution is 2.51. The highest BCUT2D eigenvalue weighted by molar-refractivity contribution is 7.20. The van der Waals surface area contributed by atoms with E-state index >= 15 is 0 Å². The number of pyridine rings is 2. The first-order valence-corrected chi connectivity index (χ1v) is 16.9. The standard InChI is InChI=1S/C41H38N2OS/c1-22-9-10-31-33(17-22)41(43-21-24(3)23(2)18-34(31)43)32-14-13-29-30-12-11-28-25(4)26(5)45-39(28)38(30)44-37(29)36(32)35-19-27(15-16-42(35)41)20-40(6,7)8/h9-19,21H,20H2,1-8H3/q+2. The molecule has 0 bridgehead atoms. The van der Waals surface area contributed by atoms with Gasteiger partial charge in [-0.1, -0.05) is 38.5 Å². The van der Waals surface area contributed by atoms with Crippen molar-refractivity contribution in [2.24, 2.45) is 5.41 Å². The van der Waals surface area contributed by atoms with Crippen LogP contribution in [0.25, 0.3) is 54.5 Å². The number of hydrogen-bond acceptors (Lipinski definition) is 2. The van der Waals surface area contributed by atoms with E-state index in [-0.39, 0.29) is 5.41 Å². The zero-order chi connectivity index (χ0) is 31.2. The topological polar surface area (TPSA) is 20.9 Å². The van der Waals surface area contributed by atoms with Crippen molar-refractivity contribution in [2.75, 3.05) is 0 Å². The van der Waals surface area contributed by atoms with E-state index in [9.17, 15) is 0 Å². The number of hydrogen-bond donors (Lipinski definition) is 0. The molecule has 6 heterocycles. The van der Waals surface area contributed by atoms with Crippen LogP contribution in [0.5, 0.6) is 0 Å². The van der Waals surface area contributed by atoms with Gasteiger partial charge in [0.25, 0.3) is 0 Å². The van der Waals surface area contributed by atoms with Gasteiger partial charge in [0.15, 0.2) is 18.0 Å². The summed E-state index contributed by atoms with van der Waals surface area (Å²) < 4.78 is 13.4. The zero-order valence-corrected chi connectivity index (χ0v) is 28.2. The van der Waals surface area contributed by atoms with Crippen LogP contribution >= 0.6 is 11.3 Å². The van der Waals surface area contributed by atoms with Gasteiger partial charge in [0.05, 0.1) is 10.3 Å². The van der Waals surface area contributed by atoms with Crippen LogP contribution in [0.15, 0.2) is 77.5 Å². The summed E-state index contributed by atoms with van der Waals surface area (Å²) in [7, 11) is 0. The molecule has 45 heavy (non-hydrogen) atoms. The lowest BCUT2D eigenvalue weighted by molar-refractivity contribution is -0.955. The summed E-state index contributed by atoms with van der Waals surface area (Å²) in [5.41, 5.74) is 15.8. The second-order valence-electron chi connectivity index (χ2n) is 14.7. The number of aryl methyl sites for hydroxylation is 5. The van der Waals surface area contributed by atoms with Crippen LogP contribution in [-0.4, -0.2) is 0 Å². The van der Waals surface area contributed by atoms with E-state index in [1.807, 2.05) is 11.3 Å². The number of fused-ring (bicyclic) bond motifs is 16. The van der Waals surface area contributed by atoms with Crippen molar-refractivity contribution in [1.82, 2.24) is 0 Å². The number of rotatable bonds is 1. The molecule has 4 heteroatoms. The second kappa shape index (κ2) is 8.70. The van der Waals surface area contributed by atoms with Crippen LogP contribution < -0.4 is 9.13 Å². The molecule has 0 amide bonds. The molecule has 0 fully saturated rings. The highest BCUT2D eigenvalue weighted by Gasteiger charge is 2.67. The van der Waals surface area contributed by atoms with Gasteiger partial charge in [-0.15, -0.1) is 20.5 Å². The first-order chi connectivity index (χ1) is 21.5. The van der Waals surface area contributed by atoms with E-state index < -0.39 is 5.66 Å². The van der Waals surface area contributed by atoms with Gasteiger partial charge in [0.2, 0.25) is 11.4 Å². The Hall–Kier alpha value is -4.28. The van der Waals surface area contributed by atoms with Crippen LogP contribution in [0.3, 0.4) is 0 Å². The third-order valence-electron chi connectivity index (χ3n) is 10.4. The molecule has 1 atom stereocenters. The molecular weight excluding hydrogens is 569 g/mol. The van der Waals surface area contributed by atoms with Crippen molar-refractivity contribution in [3.63, 3.8) is 0 Å². The van der Waals surface area contributed by atoms with E-state index in [0.717, 1.165) is 17.6 Å². The Morgan fingerprint density at radius 1 is 0.733 bits per heavy atom. The van der Waals surface area contributed by atoms with Crippen molar-refractivity contribution in [1.29, 1.82) is 0 Å². The van der Waals surface area contributed by atoms with E-state index in [1.54, 1.807) is 0 Å². The van der Waals surface area contributed by atoms with Crippen molar-refractivity contribution in [3.05, 3.63) is 117 Å². The summed E-state index contributed by atoms with van der Waals surface area (Å²) in [4.78, 5) is 1.35. The molecule has 0 aliphatic carbocycles.